The van der Waals surface area contributed by atoms with Crippen LogP contribution in [0.3, 0.4) is 0 Å². The van der Waals surface area contributed by atoms with Crippen LogP contribution in [0.25, 0.3) is 0 Å². The van der Waals surface area contributed by atoms with Gasteiger partial charge in [0.15, 0.2) is 0 Å². The van der Waals surface area contributed by atoms with E-state index in [9.17, 15) is 22.8 Å². The fraction of sp³-hybridized carbons (Fsp3) is 0.0952. The van der Waals surface area contributed by atoms with Gasteiger partial charge in [-0.25, -0.2) is 14.6 Å². The Morgan fingerprint density at radius 3 is 2.67 bits per heavy atom. The van der Waals surface area contributed by atoms with Gasteiger partial charge in [0, 0.05) is 17.4 Å². The Hall–Kier alpha value is -3.88. The maximum Gasteiger partial charge on any atom is 0.416 e. The number of hydrogen-bond acceptors (Lipinski definition) is 6. The third kappa shape index (κ3) is 3.82. The predicted molar refractivity (Wildman–Crippen MR) is 99.0 cm³/mol. The van der Waals surface area contributed by atoms with Gasteiger partial charge >= 0.3 is 18.1 Å². The molecule has 1 aliphatic rings. The molecule has 0 unspecified atom stereocenters. The molecule has 6 nitrogen and oxygen atoms in total. The van der Waals surface area contributed by atoms with Crippen molar-refractivity contribution in [2.24, 2.45) is 0 Å². The Labute approximate surface area is 168 Å². The fourth-order valence-corrected chi connectivity index (χ4v) is 2.94. The van der Waals surface area contributed by atoms with Crippen LogP contribution < -0.4 is 5.32 Å². The van der Waals surface area contributed by atoms with Gasteiger partial charge in [0.2, 0.25) is 0 Å². The number of pyridine rings is 1. The van der Waals surface area contributed by atoms with Gasteiger partial charge in [0.1, 0.15) is 11.4 Å². The summed E-state index contributed by atoms with van der Waals surface area (Å²) >= 11 is 0. The number of cyclic esters (lactones) is 1. The lowest BCUT2D eigenvalue weighted by Crippen LogP contribution is -2.14. The Balaban J connectivity index is 1.57. The van der Waals surface area contributed by atoms with Gasteiger partial charge in [-0.3, -0.25) is 0 Å². The molecule has 1 atom stereocenters. The molecule has 0 aliphatic carbocycles. The number of esters is 2. The molecule has 0 bridgehead atoms. The molecule has 1 N–H and O–H groups in total. The molecular weight excluding hydrogens is 401 g/mol. The van der Waals surface area contributed by atoms with Gasteiger partial charge in [0.05, 0.1) is 11.1 Å². The minimum absolute atomic E-state index is 0.000525. The molecular formula is C21H13F3N2O4. The maximum atomic E-state index is 12.9. The van der Waals surface area contributed by atoms with Crippen molar-refractivity contribution < 1.29 is 32.2 Å². The number of anilines is 2. The molecule has 2 aromatic carbocycles. The van der Waals surface area contributed by atoms with Gasteiger partial charge in [0.25, 0.3) is 6.29 Å². The second-order valence-corrected chi connectivity index (χ2v) is 6.33. The average molecular weight is 414 g/mol. The molecule has 0 fully saturated rings. The van der Waals surface area contributed by atoms with Crippen LogP contribution in [0.4, 0.5) is 24.7 Å². The lowest BCUT2D eigenvalue weighted by Gasteiger charge is -2.15. The molecule has 0 spiro atoms. The number of halogens is 3. The number of alkyl halides is 3. The standard InChI is InChI=1S/C21H13F3N2O4/c22-21(23,24)12-5-3-6-13(11-12)26-17-16(9-4-10-25-17)19(28)30-20-15-8-2-1-7-14(15)18(27)29-20/h1-11,20H,(H,25,26)/t20-/m1/s1. The monoisotopic (exact) mass is 414 g/mol. The van der Waals surface area contributed by atoms with Gasteiger partial charge in [-0.15, -0.1) is 0 Å². The van der Waals surface area contributed by atoms with E-state index in [1.54, 1.807) is 24.3 Å². The van der Waals surface area contributed by atoms with Crippen molar-refractivity contribution >= 4 is 23.4 Å². The number of ether oxygens (including phenoxy) is 2. The number of aromatic nitrogens is 1. The number of nitrogens with one attached hydrogen (secondary N) is 1. The number of hydrogen-bond donors (Lipinski definition) is 1. The summed E-state index contributed by atoms with van der Waals surface area (Å²) in [6.45, 7) is 0. The second kappa shape index (κ2) is 7.51. The molecule has 0 amide bonds. The molecule has 4 rings (SSSR count). The summed E-state index contributed by atoms with van der Waals surface area (Å²) in [4.78, 5) is 28.6. The van der Waals surface area contributed by atoms with Crippen LogP contribution >= 0.6 is 0 Å². The quantitative estimate of drug-likeness (QED) is 0.614. The third-order valence-corrected chi connectivity index (χ3v) is 4.34. The van der Waals surface area contributed by atoms with Crippen LogP contribution in [-0.4, -0.2) is 16.9 Å². The molecule has 0 radical (unpaired) electrons. The van der Waals surface area contributed by atoms with Crippen LogP contribution in [0.5, 0.6) is 0 Å². The first kappa shape index (κ1) is 19.4. The largest absolute Gasteiger partial charge is 0.417 e. The SMILES string of the molecule is O=C1O[C@H](OC(=O)c2cccnc2Nc2cccc(C(F)(F)F)c2)c2ccccc21. The van der Waals surface area contributed by atoms with E-state index in [2.05, 4.69) is 10.3 Å². The summed E-state index contributed by atoms with van der Waals surface area (Å²) in [6, 6.07) is 13.8. The van der Waals surface area contributed by atoms with Crippen LogP contribution in [-0.2, 0) is 15.7 Å². The zero-order chi connectivity index (χ0) is 21.3. The highest BCUT2D eigenvalue weighted by molar-refractivity contribution is 5.97. The van der Waals surface area contributed by atoms with Gasteiger partial charge in [-0.05, 0) is 36.4 Å². The number of benzene rings is 2. The van der Waals surface area contributed by atoms with E-state index in [1.807, 2.05) is 0 Å². The molecule has 1 aromatic heterocycles. The van der Waals surface area contributed by atoms with E-state index in [4.69, 9.17) is 9.47 Å². The van der Waals surface area contributed by atoms with Crippen molar-refractivity contribution in [1.29, 1.82) is 0 Å². The number of carbonyl (C=O) groups excluding carboxylic acids is 2. The molecule has 1 aliphatic heterocycles. The summed E-state index contributed by atoms with van der Waals surface area (Å²) < 4.78 is 49.2. The van der Waals surface area contributed by atoms with Gasteiger partial charge in [-0.2, -0.15) is 13.2 Å². The molecule has 0 saturated carbocycles. The lowest BCUT2D eigenvalue weighted by atomic mass is 10.1. The first-order valence-electron chi connectivity index (χ1n) is 8.73. The Kier molecular flexibility index (Phi) is 4.86. The second-order valence-electron chi connectivity index (χ2n) is 6.33. The Morgan fingerprint density at radius 2 is 1.87 bits per heavy atom. The van der Waals surface area contributed by atoms with Crippen molar-refractivity contribution in [2.45, 2.75) is 12.5 Å². The molecule has 9 heteroatoms. The van der Waals surface area contributed by atoms with E-state index in [-0.39, 0.29) is 17.1 Å². The molecule has 2 heterocycles. The number of rotatable bonds is 4. The zero-order valence-corrected chi connectivity index (χ0v) is 15.1. The predicted octanol–water partition coefficient (Wildman–Crippen LogP) is 4.87. The van der Waals surface area contributed by atoms with Crippen molar-refractivity contribution in [3.63, 3.8) is 0 Å². The van der Waals surface area contributed by atoms with Crippen molar-refractivity contribution in [2.75, 3.05) is 5.32 Å². The van der Waals surface area contributed by atoms with Gasteiger partial charge < -0.3 is 14.8 Å². The highest BCUT2D eigenvalue weighted by Gasteiger charge is 2.34. The smallest absolute Gasteiger partial charge is 0.416 e. The van der Waals surface area contributed by atoms with E-state index >= 15 is 0 Å². The molecule has 30 heavy (non-hydrogen) atoms. The Morgan fingerprint density at radius 1 is 1.07 bits per heavy atom. The lowest BCUT2D eigenvalue weighted by molar-refractivity contribution is -0.137. The zero-order valence-electron chi connectivity index (χ0n) is 15.1. The van der Waals surface area contributed by atoms with E-state index in [0.29, 0.717) is 11.1 Å². The minimum atomic E-state index is -4.51. The van der Waals surface area contributed by atoms with E-state index in [0.717, 1.165) is 12.1 Å². The van der Waals surface area contributed by atoms with Gasteiger partial charge in [-0.1, -0.05) is 24.3 Å². The molecule has 3 aromatic rings. The van der Waals surface area contributed by atoms with E-state index in [1.165, 1.54) is 30.5 Å². The van der Waals surface area contributed by atoms with Crippen LogP contribution in [0.15, 0.2) is 66.9 Å². The topological polar surface area (TPSA) is 77.5 Å². The Bertz CT molecular complexity index is 1130. The normalized spacial score (nSPS) is 15.3. The number of nitrogens with zero attached hydrogens (tertiary/aromatic N) is 1. The number of carbonyl (C=O) groups is 2. The van der Waals surface area contributed by atoms with Crippen molar-refractivity contribution in [3.8, 4) is 0 Å². The highest BCUT2D eigenvalue weighted by atomic mass is 19.4. The van der Waals surface area contributed by atoms with Crippen LogP contribution in [0.1, 0.15) is 38.1 Å². The summed E-state index contributed by atoms with van der Waals surface area (Å²) in [5.74, 6) is -1.47. The highest BCUT2D eigenvalue weighted by Crippen LogP contribution is 2.34. The van der Waals surface area contributed by atoms with Crippen molar-refractivity contribution in [3.05, 3.63) is 89.1 Å². The molecule has 152 valence electrons. The summed E-state index contributed by atoms with van der Waals surface area (Å²) in [7, 11) is 0. The fourth-order valence-electron chi connectivity index (χ4n) is 2.94. The first-order valence-corrected chi connectivity index (χ1v) is 8.73. The minimum Gasteiger partial charge on any atom is -0.417 e. The third-order valence-electron chi connectivity index (χ3n) is 4.34. The maximum absolute atomic E-state index is 12.9. The summed E-state index contributed by atoms with van der Waals surface area (Å²) in [5.41, 5.74) is -0.0801. The number of fused-ring (bicyclic) bond motifs is 1. The van der Waals surface area contributed by atoms with Crippen molar-refractivity contribution in [1.82, 2.24) is 4.98 Å². The van der Waals surface area contributed by atoms with Crippen LogP contribution in [0, 0.1) is 0 Å². The van der Waals surface area contributed by atoms with E-state index < -0.39 is 30.0 Å². The molecule has 0 saturated heterocycles. The van der Waals surface area contributed by atoms with Crippen LogP contribution in [0.2, 0.25) is 0 Å². The average Bonchev–Trinajstić information content (AvgIpc) is 3.04. The summed E-state index contributed by atoms with van der Waals surface area (Å²) in [5, 5.41) is 2.70. The summed E-state index contributed by atoms with van der Waals surface area (Å²) in [6.07, 6.45) is -4.36. The first-order chi connectivity index (χ1) is 14.3.